The lowest BCUT2D eigenvalue weighted by Crippen LogP contribution is -2.29. The molecule has 1 rings (SSSR count). The van der Waals surface area contributed by atoms with E-state index in [1.54, 1.807) is 21.0 Å². The number of hydrogen-bond donors (Lipinski definition) is 1. The highest BCUT2D eigenvalue weighted by molar-refractivity contribution is 5.73. The van der Waals surface area contributed by atoms with Crippen LogP contribution in [0, 0.1) is 5.41 Å². The molecule has 0 aliphatic heterocycles. The van der Waals surface area contributed by atoms with Gasteiger partial charge in [0.05, 0.1) is 25.7 Å². The SMILES string of the molecule is COc1cccc(COCC(C)(C)C(=O)O)c1. The van der Waals surface area contributed by atoms with Crippen molar-refractivity contribution in [3.63, 3.8) is 0 Å². The number of methoxy groups -OCH3 is 1. The Morgan fingerprint density at radius 2 is 2.12 bits per heavy atom. The van der Waals surface area contributed by atoms with Gasteiger partial charge in [-0.3, -0.25) is 4.79 Å². The molecule has 0 unspecified atom stereocenters. The minimum atomic E-state index is -0.862. The van der Waals surface area contributed by atoms with E-state index in [1.165, 1.54) is 0 Å². The zero-order valence-corrected chi connectivity index (χ0v) is 10.4. The fraction of sp³-hybridized carbons (Fsp3) is 0.462. The van der Waals surface area contributed by atoms with Crippen molar-refractivity contribution in [2.24, 2.45) is 5.41 Å². The minimum absolute atomic E-state index is 0.180. The third-order valence-corrected chi connectivity index (χ3v) is 2.44. The predicted octanol–water partition coefficient (Wildman–Crippen LogP) is 2.32. The molecule has 1 aromatic rings. The van der Waals surface area contributed by atoms with Gasteiger partial charge in [0.2, 0.25) is 0 Å². The van der Waals surface area contributed by atoms with Crippen LogP contribution in [-0.4, -0.2) is 24.8 Å². The number of hydrogen-bond acceptors (Lipinski definition) is 3. The van der Waals surface area contributed by atoms with Crippen molar-refractivity contribution in [2.75, 3.05) is 13.7 Å². The van der Waals surface area contributed by atoms with Gasteiger partial charge >= 0.3 is 5.97 Å². The summed E-state index contributed by atoms with van der Waals surface area (Å²) >= 11 is 0. The Hall–Kier alpha value is -1.55. The Balaban J connectivity index is 2.48. The molecule has 0 amide bonds. The van der Waals surface area contributed by atoms with Crippen LogP contribution in [0.4, 0.5) is 0 Å². The number of carboxylic acid groups (broad SMARTS) is 1. The van der Waals surface area contributed by atoms with E-state index < -0.39 is 11.4 Å². The fourth-order valence-electron chi connectivity index (χ4n) is 1.25. The van der Waals surface area contributed by atoms with Crippen molar-refractivity contribution in [1.82, 2.24) is 0 Å². The van der Waals surface area contributed by atoms with Crippen LogP contribution in [0.3, 0.4) is 0 Å². The van der Waals surface area contributed by atoms with E-state index in [1.807, 2.05) is 24.3 Å². The van der Waals surface area contributed by atoms with Crippen molar-refractivity contribution in [2.45, 2.75) is 20.5 Å². The summed E-state index contributed by atoms with van der Waals surface area (Å²) in [7, 11) is 1.60. The smallest absolute Gasteiger partial charge is 0.311 e. The molecule has 0 aromatic heterocycles. The lowest BCUT2D eigenvalue weighted by Gasteiger charge is -2.18. The van der Waals surface area contributed by atoms with Gasteiger partial charge in [-0.1, -0.05) is 12.1 Å². The van der Waals surface area contributed by atoms with E-state index in [0.717, 1.165) is 11.3 Å². The number of rotatable bonds is 6. The molecule has 0 aliphatic rings. The van der Waals surface area contributed by atoms with Crippen LogP contribution in [0.5, 0.6) is 5.75 Å². The Morgan fingerprint density at radius 3 is 2.71 bits per heavy atom. The van der Waals surface area contributed by atoms with Crippen LogP contribution in [0.15, 0.2) is 24.3 Å². The van der Waals surface area contributed by atoms with Gasteiger partial charge in [0.25, 0.3) is 0 Å². The summed E-state index contributed by atoms with van der Waals surface area (Å²) in [6, 6.07) is 7.51. The summed E-state index contributed by atoms with van der Waals surface area (Å²) in [6.07, 6.45) is 0. The van der Waals surface area contributed by atoms with Crippen LogP contribution in [0.1, 0.15) is 19.4 Å². The molecule has 94 valence electrons. The number of aliphatic carboxylic acids is 1. The standard InChI is InChI=1S/C13H18O4/c1-13(2,12(14)15)9-17-8-10-5-4-6-11(7-10)16-3/h4-7H,8-9H2,1-3H3,(H,14,15). The van der Waals surface area contributed by atoms with Gasteiger partial charge in [0.15, 0.2) is 0 Å². The molecule has 0 radical (unpaired) electrons. The van der Waals surface area contributed by atoms with Gasteiger partial charge in [-0.15, -0.1) is 0 Å². The van der Waals surface area contributed by atoms with Gasteiger partial charge in [0.1, 0.15) is 5.75 Å². The first kappa shape index (κ1) is 13.5. The zero-order valence-electron chi connectivity index (χ0n) is 10.4. The van der Waals surface area contributed by atoms with Gasteiger partial charge in [-0.2, -0.15) is 0 Å². The average molecular weight is 238 g/mol. The molecule has 0 saturated carbocycles. The molecule has 0 fully saturated rings. The molecular formula is C13H18O4. The summed E-state index contributed by atoms with van der Waals surface area (Å²) in [5, 5.41) is 8.92. The Kier molecular flexibility index (Phi) is 4.52. The number of carboxylic acids is 1. The van der Waals surface area contributed by atoms with E-state index in [2.05, 4.69) is 0 Å². The quantitative estimate of drug-likeness (QED) is 0.826. The Labute approximate surface area is 101 Å². The molecule has 17 heavy (non-hydrogen) atoms. The molecule has 0 aliphatic carbocycles. The van der Waals surface area contributed by atoms with E-state index in [0.29, 0.717) is 6.61 Å². The van der Waals surface area contributed by atoms with Gasteiger partial charge in [0, 0.05) is 0 Å². The summed E-state index contributed by atoms with van der Waals surface area (Å²) < 4.78 is 10.5. The average Bonchev–Trinajstić information content (AvgIpc) is 2.29. The second kappa shape index (κ2) is 5.68. The monoisotopic (exact) mass is 238 g/mol. The number of benzene rings is 1. The molecule has 4 heteroatoms. The number of carbonyl (C=O) groups is 1. The first-order chi connectivity index (χ1) is 7.95. The summed E-state index contributed by atoms with van der Waals surface area (Å²) in [5.74, 6) is -0.0910. The summed E-state index contributed by atoms with van der Waals surface area (Å²) in [5.41, 5.74) is 0.101. The van der Waals surface area contributed by atoms with Crippen molar-refractivity contribution in [1.29, 1.82) is 0 Å². The van der Waals surface area contributed by atoms with Crippen LogP contribution >= 0.6 is 0 Å². The first-order valence-electron chi connectivity index (χ1n) is 5.40. The van der Waals surface area contributed by atoms with Crippen molar-refractivity contribution in [3.05, 3.63) is 29.8 Å². The molecule has 4 nitrogen and oxygen atoms in total. The molecule has 1 aromatic carbocycles. The zero-order chi connectivity index (χ0) is 12.9. The summed E-state index contributed by atoms with van der Waals surface area (Å²) in [4.78, 5) is 10.9. The maximum atomic E-state index is 10.9. The normalized spacial score (nSPS) is 11.2. The van der Waals surface area contributed by atoms with Crippen LogP contribution in [0.25, 0.3) is 0 Å². The maximum Gasteiger partial charge on any atom is 0.311 e. The highest BCUT2D eigenvalue weighted by Crippen LogP contribution is 2.18. The van der Waals surface area contributed by atoms with Gasteiger partial charge < -0.3 is 14.6 Å². The highest BCUT2D eigenvalue weighted by atomic mass is 16.5. The fourth-order valence-corrected chi connectivity index (χ4v) is 1.25. The maximum absolute atomic E-state index is 10.9. The molecule has 0 heterocycles. The molecule has 1 N–H and O–H groups in total. The molecular weight excluding hydrogens is 220 g/mol. The largest absolute Gasteiger partial charge is 0.497 e. The van der Waals surface area contributed by atoms with E-state index >= 15 is 0 Å². The lowest BCUT2D eigenvalue weighted by atomic mass is 9.95. The van der Waals surface area contributed by atoms with Gasteiger partial charge in [-0.05, 0) is 31.5 Å². The van der Waals surface area contributed by atoms with Crippen LogP contribution in [-0.2, 0) is 16.1 Å². The molecule has 0 saturated heterocycles. The number of ether oxygens (including phenoxy) is 2. The summed E-state index contributed by atoms with van der Waals surface area (Å²) in [6.45, 7) is 3.84. The van der Waals surface area contributed by atoms with Crippen LogP contribution < -0.4 is 4.74 Å². The van der Waals surface area contributed by atoms with Gasteiger partial charge in [-0.25, -0.2) is 0 Å². The minimum Gasteiger partial charge on any atom is -0.497 e. The van der Waals surface area contributed by atoms with Crippen LogP contribution in [0.2, 0.25) is 0 Å². The van der Waals surface area contributed by atoms with E-state index in [-0.39, 0.29) is 6.61 Å². The Bertz CT molecular complexity index is 385. The second-order valence-electron chi connectivity index (χ2n) is 4.53. The molecule has 0 atom stereocenters. The predicted molar refractivity (Wildman–Crippen MR) is 64.1 cm³/mol. The third-order valence-electron chi connectivity index (χ3n) is 2.44. The van der Waals surface area contributed by atoms with Crippen molar-refractivity contribution < 1.29 is 19.4 Å². The van der Waals surface area contributed by atoms with E-state index in [9.17, 15) is 4.79 Å². The molecule has 0 bridgehead atoms. The second-order valence-corrected chi connectivity index (χ2v) is 4.53. The Morgan fingerprint density at radius 1 is 1.41 bits per heavy atom. The van der Waals surface area contributed by atoms with Crippen molar-refractivity contribution >= 4 is 5.97 Å². The lowest BCUT2D eigenvalue weighted by molar-refractivity contribution is -0.150. The van der Waals surface area contributed by atoms with Crippen molar-refractivity contribution in [3.8, 4) is 5.75 Å². The molecule has 0 spiro atoms. The first-order valence-corrected chi connectivity index (χ1v) is 5.40. The van der Waals surface area contributed by atoms with E-state index in [4.69, 9.17) is 14.6 Å². The topological polar surface area (TPSA) is 55.8 Å². The third kappa shape index (κ3) is 4.07. The highest BCUT2D eigenvalue weighted by Gasteiger charge is 2.27.